The molecule has 0 saturated carbocycles. The maximum absolute atomic E-state index is 6.13. The molecule has 0 spiro atoms. The molecule has 1 aliphatic rings. The molecule has 0 aromatic heterocycles. The van der Waals surface area contributed by atoms with Crippen molar-refractivity contribution >= 4 is 10.8 Å². The molecule has 1 unspecified atom stereocenters. The van der Waals surface area contributed by atoms with Crippen molar-refractivity contribution in [2.24, 2.45) is 0 Å². The largest absolute Gasteiger partial charge is 0.370 e. The molecule has 0 saturated heterocycles. The minimum atomic E-state index is 0.256. The summed E-state index contributed by atoms with van der Waals surface area (Å²) in [5.41, 5.74) is 2.81. The lowest BCUT2D eigenvalue weighted by atomic mass is 10.1. The van der Waals surface area contributed by atoms with Crippen LogP contribution in [0.3, 0.4) is 0 Å². The molecular formula is C16H18O. The fourth-order valence-corrected chi connectivity index (χ4v) is 2.70. The third kappa shape index (κ3) is 1.75. The number of hydrogen-bond acceptors (Lipinski definition) is 1. The van der Waals surface area contributed by atoms with Crippen LogP contribution in [0.1, 0.15) is 37.5 Å². The third-order valence-corrected chi connectivity index (χ3v) is 3.75. The molecule has 2 aromatic carbocycles. The molecular weight excluding hydrogens is 208 g/mol. The molecule has 0 N–H and O–H groups in total. The van der Waals surface area contributed by atoms with Crippen molar-refractivity contribution in [3.8, 4) is 0 Å². The van der Waals surface area contributed by atoms with Gasteiger partial charge in [0, 0.05) is 6.42 Å². The van der Waals surface area contributed by atoms with Crippen LogP contribution in [-0.4, -0.2) is 6.10 Å². The maximum Gasteiger partial charge on any atom is 0.0875 e. The Bertz CT molecular complexity index is 539. The molecule has 0 fully saturated rings. The zero-order valence-electron chi connectivity index (χ0n) is 10.4. The molecule has 1 aliphatic carbocycles. The Labute approximate surface area is 102 Å². The zero-order chi connectivity index (χ0) is 11.8. The van der Waals surface area contributed by atoms with Gasteiger partial charge in [0.15, 0.2) is 0 Å². The van der Waals surface area contributed by atoms with Gasteiger partial charge >= 0.3 is 0 Å². The van der Waals surface area contributed by atoms with Gasteiger partial charge in [-0.3, -0.25) is 0 Å². The van der Waals surface area contributed by atoms with Crippen LogP contribution in [0.15, 0.2) is 36.4 Å². The van der Waals surface area contributed by atoms with E-state index in [1.807, 2.05) is 0 Å². The highest BCUT2D eigenvalue weighted by Gasteiger charge is 2.25. The highest BCUT2D eigenvalue weighted by Crippen LogP contribution is 2.39. The highest BCUT2D eigenvalue weighted by molar-refractivity contribution is 5.91. The topological polar surface area (TPSA) is 9.23 Å². The summed E-state index contributed by atoms with van der Waals surface area (Å²) in [5, 5.41) is 2.76. The van der Waals surface area contributed by atoms with E-state index in [0.717, 1.165) is 12.8 Å². The fourth-order valence-electron chi connectivity index (χ4n) is 2.70. The predicted molar refractivity (Wildman–Crippen MR) is 71.2 cm³/mol. The van der Waals surface area contributed by atoms with Crippen LogP contribution in [0.2, 0.25) is 0 Å². The van der Waals surface area contributed by atoms with E-state index in [2.05, 4.69) is 50.2 Å². The van der Waals surface area contributed by atoms with Crippen LogP contribution in [-0.2, 0) is 11.2 Å². The second-order valence-corrected chi connectivity index (χ2v) is 4.91. The van der Waals surface area contributed by atoms with E-state index in [0.29, 0.717) is 6.10 Å². The quantitative estimate of drug-likeness (QED) is 0.760. The number of rotatable bonds is 3. The molecule has 17 heavy (non-hydrogen) atoms. The first-order valence-corrected chi connectivity index (χ1v) is 6.45. The highest BCUT2D eigenvalue weighted by atomic mass is 16.5. The van der Waals surface area contributed by atoms with Crippen LogP contribution in [0, 0.1) is 0 Å². The second kappa shape index (κ2) is 4.15. The first-order valence-electron chi connectivity index (χ1n) is 6.45. The average Bonchev–Trinajstić information content (AvgIpc) is 2.70. The standard InChI is InChI=1S/C16H18O/c1-3-11(2)17-15-10-13-8-4-6-12-7-5-9-14(15)16(12)13/h4-9,11,15H,3,10H2,1-2H3/t11-,15?/m1/s1. The summed E-state index contributed by atoms with van der Waals surface area (Å²) >= 11 is 0. The summed E-state index contributed by atoms with van der Waals surface area (Å²) in [5.74, 6) is 0. The van der Waals surface area contributed by atoms with Gasteiger partial charge in [0.1, 0.15) is 0 Å². The van der Waals surface area contributed by atoms with E-state index < -0.39 is 0 Å². The van der Waals surface area contributed by atoms with Gasteiger partial charge in [0.2, 0.25) is 0 Å². The Morgan fingerprint density at radius 1 is 1.24 bits per heavy atom. The van der Waals surface area contributed by atoms with E-state index in [1.54, 1.807) is 0 Å². The summed E-state index contributed by atoms with van der Waals surface area (Å²) in [6, 6.07) is 13.1. The Morgan fingerprint density at radius 2 is 2.00 bits per heavy atom. The summed E-state index contributed by atoms with van der Waals surface area (Å²) < 4.78 is 6.13. The lowest BCUT2D eigenvalue weighted by Crippen LogP contribution is -2.12. The van der Waals surface area contributed by atoms with Crippen molar-refractivity contribution < 1.29 is 4.74 Å². The number of benzene rings is 2. The van der Waals surface area contributed by atoms with Crippen molar-refractivity contribution in [1.82, 2.24) is 0 Å². The molecule has 88 valence electrons. The van der Waals surface area contributed by atoms with Gasteiger partial charge in [-0.1, -0.05) is 43.3 Å². The SMILES string of the molecule is CC[C@@H](C)OC1Cc2cccc3cccc1c23. The predicted octanol–water partition coefficient (Wildman–Crippen LogP) is 4.25. The number of ether oxygens (including phenoxy) is 1. The zero-order valence-corrected chi connectivity index (χ0v) is 10.4. The van der Waals surface area contributed by atoms with Gasteiger partial charge in [0.05, 0.1) is 12.2 Å². The molecule has 2 aromatic rings. The molecule has 0 heterocycles. The van der Waals surface area contributed by atoms with Gasteiger partial charge in [0.25, 0.3) is 0 Å². The van der Waals surface area contributed by atoms with E-state index in [4.69, 9.17) is 4.74 Å². The molecule has 3 rings (SSSR count). The first-order chi connectivity index (χ1) is 8.29. The van der Waals surface area contributed by atoms with Gasteiger partial charge < -0.3 is 4.74 Å². The van der Waals surface area contributed by atoms with Crippen molar-refractivity contribution in [3.05, 3.63) is 47.5 Å². The van der Waals surface area contributed by atoms with E-state index in [9.17, 15) is 0 Å². The Kier molecular flexibility index (Phi) is 2.64. The van der Waals surface area contributed by atoms with E-state index >= 15 is 0 Å². The minimum absolute atomic E-state index is 0.256. The van der Waals surface area contributed by atoms with Crippen LogP contribution < -0.4 is 0 Å². The van der Waals surface area contributed by atoms with Crippen molar-refractivity contribution in [2.45, 2.75) is 38.9 Å². The Hall–Kier alpha value is -1.34. The first kappa shape index (κ1) is 10.8. The van der Waals surface area contributed by atoms with Crippen molar-refractivity contribution in [3.63, 3.8) is 0 Å². The van der Waals surface area contributed by atoms with Gasteiger partial charge in [-0.15, -0.1) is 0 Å². The summed E-state index contributed by atoms with van der Waals surface area (Å²) in [7, 11) is 0. The molecule has 0 bridgehead atoms. The monoisotopic (exact) mass is 226 g/mol. The maximum atomic E-state index is 6.13. The molecule has 1 nitrogen and oxygen atoms in total. The lowest BCUT2D eigenvalue weighted by Gasteiger charge is -2.18. The summed E-state index contributed by atoms with van der Waals surface area (Å²) in [6.07, 6.45) is 2.69. The number of hydrogen-bond donors (Lipinski definition) is 0. The molecule has 2 atom stereocenters. The third-order valence-electron chi connectivity index (χ3n) is 3.75. The van der Waals surface area contributed by atoms with Crippen LogP contribution in [0.5, 0.6) is 0 Å². The Balaban J connectivity index is 2.04. The fraction of sp³-hybridized carbons (Fsp3) is 0.375. The van der Waals surface area contributed by atoms with Gasteiger partial charge in [-0.05, 0) is 35.2 Å². The van der Waals surface area contributed by atoms with Crippen molar-refractivity contribution in [1.29, 1.82) is 0 Å². The Morgan fingerprint density at radius 3 is 2.76 bits per heavy atom. The summed E-state index contributed by atoms with van der Waals surface area (Å²) in [6.45, 7) is 4.33. The van der Waals surface area contributed by atoms with Gasteiger partial charge in [-0.25, -0.2) is 0 Å². The van der Waals surface area contributed by atoms with Crippen LogP contribution in [0.25, 0.3) is 10.8 Å². The van der Waals surface area contributed by atoms with E-state index in [1.165, 1.54) is 21.9 Å². The van der Waals surface area contributed by atoms with Gasteiger partial charge in [-0.2, -0.15) is 0 Å². The van der Waals surface area contributed by atoms with Crippen molar-refractivity contribution in [2.75, 3.05) is 0 Å². The van der Waals surface area contributed by atoms with Crippen LogP contribution in [0.4, 0.5) is 0 Å². The molecule has 1 heteroatoms. The van der Waals surface area contributed by atoms with E-state index in [-0.39, 0.29) is 6.10 Å². The molecule has 0 radical (unpaired) electrons. The lowest BCUT2D eigenvalue weighted by molar-refractivity contribution is -0.00145. The average molecular weight is 226 g/mol. The minimum Gasteiger partial charge on any atom is -0.370 e. The second-order valence-electron chi connectivity index (χ2n) is 4.91. The normalized spacial score (nSPS) is 19.8. The van der Waals surface area contributed by atoms with Crippen LogP contribution >= 0.6 is 0 Å². The summed E-state index contributed by atoms with van der Waals surface area (Å²) in [4.78, 5) is 0. The smallest absolute Gasteiger partial charge is 0.0875 e. The molecule has 0 amide bonds. The molecule has 0 aliphatic heterocycles.